The second-order valence-corrected chi connectivity index (χ2v) is 3.68. The molecule has 7 heteroatoms. The smallest absolute Gasteiger partial charge is 0.383 e. The van der Waals surface area contributed by atoms with Gasteiger partial charge >= 0.3 is 6.18 Å². The second kappa shape index (κ2) is 6.10. The summed E-state index contributed by atoms with van der Waals surface area (Å²) in [4.78, 5) is 0. The first-order valence-electron chi connectivity index (χ1n) is 5.07. The van der Waals surface area contributed by atoms with Crippen LogP contribution in [0.5, 0.6) is 0 Å². The van der Waals surface area contributed by atoms with E-state index < -0.39 is 30.4 Å². The summed E-state index contributed by atoms with van der Waals surface area (Å²) in [7, 11) is 1.31. The molecule has 0 spiro atoms. The van der Waals surface area contributed by atoms with Gasteiger partial charge < -0.3 is 4.74 Å². The molecule has 0 fully saturated rings. The Hall–Kier alpha value is -1.21. The van der Waals surface area contributed by atoms with E-state index in [2.05, 4.69) is 5.32 Å². The van der Waals surface area contributed by atoms with Crippen LogP contribution in [0.2, 0.25) is 0 Å². The fraction of sp³-hybridized carbons (Fsp3) is 0.455. The zero-order chi connectivity index (χ0) is 13.8. The number of halogens is 5. The van der Waals surface area contributed by atoms with Gasteiger partial charge in [0.15, 0.2) is 11.6 Å². The fourth-order valence-corrected chi connectivity index (χ4v) is 1.41. The first-order chi connectivity index (χ1) is 8.33. The van der Waals surface area contributed by atoms with E-state index in [9.17, 15) is 22.0 Å². The van der Waals surface area contributed by atoms with Crippen molar-refractivity contribution in [2.45, 2.75) is 12.2 Å². The lowest BCUT2D eigenvalue weighted by Crippen LogP contribution is -2.34. The van der Waals surface area contributed by atoms with Gasteiger partial charge in [0.25, 0.3) is 0 Å². The SMILES string of the molecule is COC[C@@H](NCC(F)(F)F)c1ccc(F)c(F)c1. The van der Waals surface area contributed by atoms with E-state index in [-0.39, 0.29) is 12.2 Å². The monoisotopic (exact) mass is 269 g/mol. The number of benzene rings is 1. The first-order valence-corrected chi connectivity index (χ1v) is 5.07. The lowest BCUT2D eigenvalue weighted by atomic mass is 10.1. The third-order valence-corrected chi connectivity index (χ3v) is 2.23. The van der Waals surface area contributed by atoms with Crippen LogP contribution in [0.4, 0.5) is 22.0 Å². The van der Waals surface area contributed by atoms with Crippen molar-refractivity contribution in [3.8, 4) is 0 Å². The molecule has 0 aliphatic heterocycles. The number of hydrogen-bond donors (Lipinski definition) is 1. The summed E-state index contributed by atoms with van der Waals surface area (Å²) in [6, 6.07) is 2.07. The van der Waals surface area contributed by atoms with Gasteiger partial charge in [-0.3, -0.25) is 5.32 Å². The molecule has 102 valence electrons. The zero-order valence-electron chi connectivity index (χ0n) is 9.52. The van der Waals surface area contributed by atoms with Crippen LogP contribution in [0.3, 0.4) is 0 Å². The Morgan fingerprint density at radius 2 is 1.89 bits per heavy atom. The molecule has 0 amide bonds. The zero-order valence-corrected chi connectivity index (χ0v) is 9.52. The summed E-state index contributed by atoms with van der Waals surface area (Å²) >= 11 is 0. The Balaban J connectivity index is 2.80. The Labute approximate surface area is 101 Å². The Kier molecular flexibility index (Phi) is 5.03. The van der Waals surface area contributed by atoms with Gasteiger partial charge in [-0.05, 0) is 17.7 Å². The number of nitrogens with one attached hydrogen (secondary N) is 1. The minimum atomic E-state index is -4.38. The van der Waals surface area contributed by atoms with Gasteiger partial charge in [-0.1, -0.05) is 6.07 Å². The topological polar surface area (TPSA) is 21.3 Å². The van der Waals surface area contributed by atoms with Gasteiger partial charge in [0.2, 0.25) is 0 Å². The molecule has 0 aliphatic carbocycles. The molecule has 2 nitrogen and oxygen atoms in total. The largest absolute Gasteiger partial charge is 0.401 e. The average Bonchev–Trinajstić information content (AvgIpc) is 2.27. The van der Waals surface area contributed by atoms with E-state index in [0.717, 1.165) is 12.1 Å². The van der Waals surface area contributed by atoms with Crippen molar-refractivity contribution in [2.24, 2.45) is 0 Å². The van der Waals surface area contributed by atoms with Crippen molar-refractivity contribution in [1.29, 1.82) is 0 Å². The van der Waals surface area contributed by atoms with Crippen LogP contribution in [-0.4, -0.2) is 26.4 Å². The molecule has 0 aromatic heterocycles. The molecule has 0 saturated carbocycles. The van der Waals surface area contributed by atoms with E-state index in [1.807, 2.05) is 0 Å². The molecular formula is C11H12F5NO. The van der Waals surface area contributed by atoms with Crippen molar-refractivity contribution < 1.29 is 26.7 Å². The normalized spacial score (nSPS) is 13.7. The van der Waals surface area contributed by atoms with Gasteiger partial charge in [0.05, 0.1) is 19.2 Å². The number of ether oxygens (including phenoxy) is 1. The van der Waals surface area contributed by atoms with Crippen LogP contribution >= 0.6 is 0 Å². The molecule has 1 rings (SSSR count). The molecule has 0 heterocycles. The van der Waals surface area contributed by atoms with Gasteiger partial charge in [-0.15, -0.1) is 0 Å². The fourth-order valence-electron chi connectivity index (χ4n) is 1.41. The van der Waals surface area contributed by atoms with Crippen LogP contribution in [0.1, 0.15) is 11.6 Å². The average molecular weight is 269 g/mol. The predicted octanol–water partition coefficient (Wildman–Crippen LogP) is 2.80. The summed E-state index contributed by atoms with van der Waals surface area (Å²) in [6.07, 6.45) is -4.38. The summed E-state index contributed by atoms with van der Waals surface area (Å²) < 4.78 is 66.7. The molecule has 1 aromatic carbocycles. The highest BCUT2D eigenvalue weighted by Gasteiger charge is 2.28. The van der Waals surface area contributed by atoms with E-state index in [4.69, 9.17) is 4.74 Å². The van der Waals surface area contributed by atoms with E-state index >= 15 is 0 Å². The van der Waals surface area contributed by atoms with Crippen LogP contribution in [0.25, 0.3) is 0 Å². The summed E-state index contributed by atoms with van der Waals surface area (Å²) in [5.41, 5.74) is 0.194. The highest BCUT2D eigenvalue weighted by Crippen LogP contribution is 2.19. The molecule has 1 aromatic rings. The number of hydrogen-bond acceptors (Lipinski definition) is 2. The quantitative estimate of drug-likeness (QED) is 0.830. The van der Waals surface area contributed by atoms with Crippen molar-refractivity contribution >= 4 is 0 Å². The Bertz CT molecular complexity index is 394. The second-order valence-electron chi connectivity index (χ2n) is 3.68. The molecular weight excluding hydrogens is 257 g/mol. The minimum Gasteiger partial charge on any atom is -0.383 e. The molecule has 1 N–H and O–H groups in total. The van der Waals surface area contributed by atoms with Crippen LogP contribution < -0.4 is 5.32 Å². The summed E-state index contributed by atoms with van der Waals surface area (Å²) in [6.45, 7) is -1.32. The van der Waals surface area contributed by atoms with E-state index in [0.29, 0.717) is 0 Å². The summed E-state index contributed by atoms with van der Waals surface area (Å²) in [5, 5.41) is 2.18. The van der Waals surface area contributed by atoms with Crippen molar-refractivity contribution in [1.82, 2.24) is 5.32 Å². The standard InChI is InChI=1S/C11H12F5NO/c1-18-5-10(17-6-11(14,15)16)7-2-3-8(12)9(13)4-7/h2-4,10,17H,5-6H2,1H3/t10-/m1/s1. The predicted molar refractivity (Wildman–Crippen MR) is 55.0 cm³/mol. The molecule has 18 heavy (non-hydrogen) atoms. The van der Waals surface area contributed by atoms with Crippen LogP contribution in [0, 0.1) is 11.6 Å². The van der Waals surface area contributed by atoms with Crippen molar-refractivity contribution in [3.05, 3.63) is 35.4 Å². The molecule has 0 aliphatic rings. The molecule has 0 saturated heterocycles. The number of alkyl halides is 3. The number of rotatable bonds is 5. The summed E-state index contributed by atoms with van der Waals surface area (Å²) in [5.74, 6) is -2.16. The highest BCUT2D eigenvalue weighted by atomic mass is 19.4. The molecule has 0 radical (unpaired) electrons. The van der Waals surface area contributed by atoms with Gasteiger partial charge in [-0.25, -0.2) is 8.78 Å². The van der Waals surface area contributed by atoms with Gasteiger partial charge in [0, 0.05) is 7.11 Å². The lowest BCUT2D eigenvalue weighted by Gasteiger charge is -2.19. The highest BCUT2D eigenvalue weighted by molar-refractivity contribution is 5.21. The Morgan fingerprint density at radius 1 is 1.22 bits per heavy atom. The van der Waals surface area contributed by atoms with E-state index in [1.165, 1.54) is 13.2 Å². The van der Waals surface area contributed by atoms with E-state index in [1.54, 1.807) is 0 Å². The first kappa shape index (κ1) is 14.8. The molecule has 0 bridgehead atoms. The number of methoxy groups -OCH3 is 1. The van der Waals surface area contributed by atoms with Crippen LogP contribution in [0.15, 0.2) is 18.2 Å². The minimum absolute atomic E-state index is 0.0822. The van der Waals surface area contributed by atoms with Crippen LogP contribution in [-0.2, 0) is 4.74 Å². The maximum atomic E-state index is 13.0. The third kappa shape index (κ3) is 4.58. The van der Waals surface area contributed by atoms with Crippen molar-refractivity contribution in [3.63, 3.8) is 0 Å². The molecule has 0 unspecified atom stereocenters. The van der Waals surface area contributed by atoms with Gasteiger partial charge in [0.1, 0.15) is 0 Å². The maximum absolute atomic E-state index is 13.0. The van der Waals surface area contributed by atoms with Crippen molar-refractivity contribution in [2.75, 3.05) is 20.3 Å². The molecule has 1 atom stereocenters. The maximum Gasteiger partial charge on any atom is 0.401 e. The van der Waals surface area contributed by atoms with Gasteiger partial charge in [-0.2, -0.15) is 13.2 Å². The Morgan fingerprint density at radius 3 is 2.39 bits per heavy atom. The third-order valence-electron chi connectivity index (χ3n) is 2.23. The lowest BCUT2D eigenvalue weighted by molar-refractivity contribution is -0.127.